The summed E-state index contributed by atoms with van der Waals surface area (Å²) in [6.07, 6.45) is 0.355. The van der Waals surface area contributed by atoms with Gasteiger partial charge in [-0.3, -0.25) is 9.59 Å². The van der Waals surface area contributed by atoms with E-state index in [1.54, 1.807) is 18.2 Å². The number of rotatable bonds is 6. The molecular formula is C19H22FN3O2. The van der Waals surface area contributed by atoms with E-state index in [1.165, 1.54) is 18.2 Å². The van der Waals surface area contributed by atoms with Crippen LogP contribution in [0.25, 0.3) is 11.1 Å². The molecule has 0 bridgehead atoms. The van der Waals surface area contributed by atoms with Gasteiger partial charge in [0.25, 0.3) is 0 Å². The van der Waals surface area contributed by atoms with Crippen molar-refractivity contribution in [2.24, 2.45) is 17.4 Å². The molecule has 0 heterocycles. The van der Waals surface area contributed by atoms with Gasteiger partial charge in [0.1, 0.15) is 5.82 Å². The Balaban J connectivity index is 2.46. The van der Waals surface area contributed by atoms with Gasteiger partial charge in [-0.1, -0.05) is 13.8 Å². The SMILES string of the molecule is CC(C)CC(=O)Nc1cc(C(N)=O)cc(-c2cc(F)cc(CN)c2)c1. The number of carbonyl (C=O) groups excluding carboxylic acids is 2. The number of carbonyl (C=O) groups is 2. The van der Waals surface area contributed by atoms with E-state index in [9.17, 15) is 14.0 Å². The molecule has 0 saturated carbocycles. The van der Waals surface area contributed by atoms with Crippen LogP contribution in [0.5, 0.6) is 0 Å². The van der Waals surface area contributed by atoms with Gasteiger partial charge in [0.2, 0.25) is 11.8 Å². The Labute approximate surface area is 146 Å². The first-order valence-electron chi connectivity index (χ1n) is 8.03. The van der Waals surface area contributed by atoms with Crippen molar-refractivity contribution < 1.29 is 14.0 Å². The molecule has 0 aliphatic carbocycles. The number of nitrogens with one attached hydrogen (secondary N) is 1. The Morgan fingerprint density at radius 2 is 1.76 bits per heavy atom. The van der Waals surface area contributed by atoms with Crippen LogP contribution in [0, 0.1) is 11.7 Å². The standard InChI is InChI=1S/C19H22FN3O2/c1-11(2)3-18(24)23-17-8-14(6-15(9-17)19(22)25)13-4-12(10-21)5-16(20)7-13/h4-9,11H,3,10,21H2,1-2H3,(H2,22,25)(H,23,24). The van der Waals surface area contributed by atoms with Crippen molar-refractivity contribution in [2.45, 2.75) is 26.8 Å². The molecule has 0 aromatic heterocycles. The molecule has 5 N–H and O–H groups in total. The van der Waals surface area contributed by atoms with Gasteiger partial charge in [-0.2, -0.15) is 0 Å². The third-order valence-corrected chi connectivity index (χ3v) is 3.62. The molecule has 132 valence electrons. The average molecular weight is 343 g/mol. The third-order valence-electron chi connectivity index (χ3n) is 3.62. The molecule has 0 fully saturated rings. The van der Waals surface area contributed by atoms with Crippen LogP contribution in [0.3, 0.4) is 0 Å². The summed E-state index contributed by atoms with van der Waals surface area (Å²) in [5, 5.41) is 2.76. The van der Waals surface area contributed by atoms with Crippen LogP contribution >= 0.6 is 0 Å². The topological polar surface area (TPSA) is 98.2 Å². The monoisotopic (exact) mass is 343 g/mol. The number of anilines is 1. The summed E-state index contributed by atoms with van der Waals surface area (Å²) in [6.45, 7) is 4.07. The predicted molar refractivity (Wildman–Crippen MR) is 96.3 cm³/mol. The smallest absolute Gasteiger partial charge is 0.248 e. The predicted octanol–water partition coefficient (Wildman–Crippen LogP) is 3.03. The van der Waals surface area contributed by atoms with Crippen molar-refractivity contribution in [3.05, 3.63) is 53.3 Å². The molecule has 6 heteroatoms. The number of primary amides is 1. The molecule has 5 nitrogen and oxygen atoms in total. The van der Waals surface area contributed by atoms with Gasteiger partial charge in [-0.15, -0.1) is 0 Å². The quantitative estimate of drug-likeness (QED) is 0.752. The summed E-state index contributed by atoms with van der Waals surface area (Å²) >= 11 is 0. The molecule has 0 saturated heterocycles. The second-order valence-corrected chi connectivity index (χ2v) is 6.36. The summed E-state index contributed by atoms with van der Waals surface area (Å²) in [6, 6.07) is 9.19. The first-order valence-corrected chi connectivity index (χ1v) is 8.03. The normalized spacial score (nSPS) is 10.8. The Kier molecular flexibility index (Phi) is 5.88. The fourth-order valence-electron chi connectivity index (χ4n) is 2.53. The first kappa shape index (κ1) is 18.6. The minimum atomic E-state index is -0.628. The Bertz CT molecular complexity index is 803. The average Bonchev–Trinajstić information content (AvgIpc) is 2.52. The van der Waals surface area contributed by atoms with Crippen molar-refractivity contribution in [2.75, 3.05) is 5.32 Å². The molecule has 0 aliphatic heterocycles. The highest BCUT2D eigenvalue weighted by Crippen LogP contribution is 2.27. The van der Waals surface area contributed by atoms with Crippen LogP contribution in [0.4, 0.5) is 10.1 Å². The van der Waals surface area contributed by atoms with Crippen molar-refractivity contribution in [1.29, 1.82) is 0 Å². The van der Waals surface area contributed by atoms with Crippen LogP contribution in [-0.4, -0.2) is 11.8 Å². The molecule has 0 atom stereocenters. The minimum Gasteiger partial charge on any atom is -0.366 e. The lowest BCUT2D eigenvalue weighted by atomic mass is 9.99. The Morgan fingerprint density at radius 1 is 1.08 bits per heavy atom. The highest BCUT2D eigenvalue weighted by Gasteiger charge is 2.11. The number of hydrogen-bond acceptors (Lipinski definition) is 3. The van der Waals surface area contributed by atoms with E-state index >= 15 is 0 Å². The summed E-state index contributed by atoms with van der Waals surface area (Å²) in [5.41, 5.74) is 13.4. The maximum absolute atomic E-state index is 13.8. The number of nitrogens with two attached hydrogens (primary N) is 2. The Hall–Kier alpha value is -2.73. The van der Waals surface area contributed by atoms with Gasteiger partial charge < -0.3 is 16.8 Å². The number of benzene rings is 2. The summed E-state index contributed by atoms with van der Waals surface area (Å²) in [4.78, 5) is 23.6. The fourth-order valence-corrected chi connectivity index (χ4v) is 2.53. The van der Waals surface area contributed by atoms with Gasteiger partial charge >= 0.3 is 0 Å². The van der Waals surface area contributed by atoms with E-state index in [4.69, 9.17) is 11.5 Å². The number of amides is 2. The summed E-state index contributed by atoms with van der Waals surface area (Å²) in [5.74, 6) is -1.01. The van der Waals surface area contributed by atoms with Gasteiger partial charge in [0, 0.05) is 24.2 Å². The van der Waals surface area contributed by atoms with Crippen LogP contribution < -0.4 is 16.8 Å². The van der Waals surface area contributed by atoms with Crippen LogP contribution in [0.2, 0.25) is 0 Å². The highest BCUT2D eigenvalue weighted by atomic mass is 19.1. The Morgan fingerprint density at radius 3 is 2.36 bits per heavy atom. The van der Waals surface area contributed by atoms with E-state index in [-0.39, 0.29) is 23.9 Å². The molecule has 0 unspecified atom stereocenters. The van der Waals surface area contributed by atoms with Crippen LogP contribution in [-0.2, 0) is 11.3 Å². The van der Waals surface area contributed by atoms with Gasteiger partial charge in [-0.25, -0.2) is 4.39 Å². The fraction of sp³-hybridized carbons (Fsp3) is 0.263. The second-order valence-electron chi connectivity index (χ2n) is 6.36. The zero-order valence-electron chi connectivity index (χ0n) is 14.3. The first-order chi connectivity index (χ1) is 11.8. The third kappa shape index (κ3) is 5.12. The van der Waals surface area contributed by atoms with E-state index in [0.717, 1.165) is 0 Å². The lowest BCUT2D eigenvalue weighted by Crippen LogP contribution is -2.16. The zero-order valence-corrected chi connectivity index (χ0v) is 14.3. The van der Waals surface area contributed by atoms with E-state index in [1.807, 2.05) is 13.8 Å². The molecule has 2 aromatic carbocycles. The second kappa shape index (κ2) is 7.90. The van der Waals surface area contributed by atoms with Gasteiger partial charge in [-0.05, 0) is 59.0 Å². The molecule has 0 radical (unpaired) electrons. The lowest BCUT2D eigenvalue weighted by molar-refractivity contribution is -0.116. The van der Waals surface area contributed by atoms with Crippen LogP contribution in [0.1, 0.15) is 36.2 Å². The summed E-state index contributed by atoms with van der Waals surface area (Å²) < 4.78 is 13.8. The molecule has 0 aliphatic rings. The van der Waals surface area contributed by atoms with Crippen molar-refractivity contribution >= 4 is 17.5 Å². The van der Waals surface area contributed by atoms with E-state index in [0.29, 0.717) is 28.8 Å². The van der Waals surface area contributed by atoms with Crippen molar-refractivity contribution in [3.8, 4) is 11.1 Å². The number of hydrogen-bond donors (Lipinski definition) is 3. The number of halogens is 1. The van der Waals surface area contributed by atoms with Gasteiger partial charge in [0.05, 0.1) is 0 Å². The lowest BCUT2D eigenvalue weighted by Gasteiger charge is -2.12. The minimum absolute atomic E-state index is 0.163. The maximum Gasteiger partial charge on any atom is 0.248 e. The van der Waals surface area contributed by atoms with Crippen LogP contribution in [0.15, 0.2) is 36.4 Å². The van der Waals surface area contributed by atoms with Gasteiger partial charge in [0.15, 0.2) is 0 Å². The zero-order chi connectivity index (χ0) is 18.6. The largest absolute Gasteiger partial charge is 0.366 e. The molecule has 2 aromatic rings. The molecular weight excluding hydrogens is 321 g/mol. The molecule has 2 rings (SSSR count). The van der Waals surface area contributed by atoms with E-state index < -0.39 is 11.7 Å². The molecule has 0 spiro atoms. The summed E-state index contributed by atoms with van der Waals surface area (Å²) in [7, 11) is 0. The van der Waals surface area contributed by atoms with Crippen molar-refractivity contribution in [1.82, 2.24) is 0 Å². The molecule has 25 heavy (non-hydrogen) atoms. The maximum atomic E-state index is 13.8. The molecule has 2 amide bonds. The van der Waals surface area contributed by atoms with E-state index in [2.05, 4.69) is 5.32 Å². The highest BCUT2D eigenvalue weighted by molar-refractivity contribution is 5.98. The van der Waals surface area contributed by atoms with Crippen molar-refractivity contribution in [3.63, 3.8) is 0 Å².